The van der Waals surface area contributed by atoms with E-state index < -0.39 is 0 Å². The van der Waals surface area contributed by atoms with Gasteiger partial charge in [0.2, 0.25) is 0 Å². The molecule has 0 fully saturated rings. The highest BCUT2D eigenvalue weighted by Crippen LogP contribution is 2.29. The van der Waals surface area contributed by atoms with Crippen molar-refractivity contribution in [2.45, 2.75) is 41.0 Å². The third-order valence-corrected chi connectivity index (χ3v) is 4.32. The maximum atomic E-state index is 2.37. The number of benzene rings is 1. The van der Waals surface area contributed by atoms with E-state index in [0.29, 0.717) is 0 Å². The first kappa shape index (κ1) is 20.6. The molecule has 1 heteroatoms. The van der Waals surface area contributed by atoms with Crippen molar-refractivity contribution in [2.75, 3.05) is 0 Å². The summed E-state index contributed by atoms with van der Waals surface area (Å²) < 4.78 is 0. The zero-order valence-electron chi connectivity index (χ0n) is 14.7. The van der Waals surface area contributed by atoms with Crippen LogP contribution in [0.4, 0.5) is 0 Å². The van der Waals surface area contributed by atoms with Crippen LogP contribution in [-0.4, -0.2) is 0 Å². The molecule has 2 atom stereocenters. The zero-order valence-corrected chi connectivity index (χ0v) is 15.7. The first-order chi connectivity index (χ1) is 10.7. The molecule has 1 aromatic rings. The van der Waals surface area contributed by atoms with Crippen LogP contribution >= 0.6 is 8.58 Å². The molecule has 0 nitrogen and oxygen atoms in total. The van der Waals surface area contributed by atoms with Crippen molar-refractivity contribution >= 4 is 13.9 Å². The summed E-state index contributed by atoms with van der Waals surface area (Å²) in [5.74, 6) is 0.722. The minimum absolute atomic E-state index is 0.722. The van der Waals surface area contributed by atoms with Crippen molar-refractivity contribution in [3.05, 3.63) is 78.2 Å². The lowest BCUT2D eigenvalue weighted by molar-refractivity contribution is 0.735. The van der Waals surface area contributed by atoms with Crippen LogP contribution in [0.15, 0.2) is 78.2 Å². The maximum Gasteiger partial charge on any atom is -0.0224 e. The second-order valence-electron chi connectivity index (χ2n) is 5.06. The Morgan fingerprint density at radius 3 is 1.86 bits per heavy atom. The second kappa shape index (κ2) is 14.5. The summed E-state index contributed by atoms with van der Waals surface area (Å²) in [6.07, 6.45) is 16.2. The minimum Gasteiger partial charge on any atom is -0.0919 e. The molecule has 0 radical (unpaired) electrons. The van der Waals surface area contributed by atoms with E-state index in [1.54, 1.807) is 0 Å². The number of hydrogen-bond acceptors (Lipinski definition) is 0. The Morgan fingerprint density at radius 1 is 0.909 bits per heavy atom. The fourth-order valence-corrected chi connectivity index (χ4v) is 2.60. The minimum atomic E-state index is 0.722. The lowest BCUT2D eigenvalue weighted by Gasteiger charge is -2.11. The highest BCUT2D eigenvalue weighted by Gasteiger charge is 2.03. The van der Waals surface area contributed by atoms with Crippen molar-refractivity contribution in [2.24, 2.45) is 5.92 Å². The fraction of sp³-hybridized carbons (Fsp3) is 0.333. The molecule has 0 spiro atoms. The molecule has 1 aromatic carbocycles. The molecule has 22 heavy (non-hydrogen) atoms. The molecule has 0 heterocycles. The molecule has 0 N–H and O–H groups in total. The molecule has 0 amide bonds. The molecule has 0 aliphatic heterocycles. The monoisotopic (exact) mass is 314 g/mol. The van der Waals surface area contributed by atoms with Gasteiger partial charge in [-0.1, -0.05) is 88.4 Å². The van der Waals surface area contributed by atoms with Gasteiger partial charge in [-0.2, -0.15) is 0 Å². The van der Waals surface area contributed by atoms with Crippen LogP contribution in [0.25, 0.3) is 0 Å². The molecule has 2 rings (SSSR count). The topological polar surface area (TPSA) is 0 Å². The summed E-state index contributed by atoms with van der Waals surface area (Å²) in [6.45, 7) is 10.3. The molecular weight excluding hydrogens is 283 g/mol. The van der Waals surface area contributed by atoms with E-state index in [4.69, 9.17) is 0 Å². The van der Waals surface area contributed by atoms with Crippen molar-refractivity contribution in [3.8, 4) is 0 Å². The SMILES string of the molecule is C/C=C\C.C/C=C\C.CC1C=CC(Pc2ccccc2)=CC1. The summed E-state index contributed by atoms with van der Waals surface area (Å²) in [5, 5.41) is 2.91. The highest BCUT2D eigenvalue weighted by molar-refractivity contribution is 7.52. The quantitative estimate of drug-likeness (QED) is 0.424. The van der Waals surface area contributed by atoms with Gasteiger partial charge in [0.1, 0.15) is 0 Å². The molecule has 0 aromatic heterocycles. The Bertz CT molecular complexity index is 460. The summed E-state index contributed by atoms with van der Waals surface area (Å²) in [5.41, 5.74) is 0. The van der Waals surface area contributed by atoms with Crippen LogP contribution < -0.4 is 5.30 Å². The predicted octanol–water partition coefficient (Wildman–Crippen LogP) is 6.64. The van der Waals surface area contributed by atoms with Crippen LogP contribution in [0.2, 0.25) is 0 Å². The van der Waals surface area contributed by atoms with Crippen LogP contribution in [0.5, 0.6) is 0 Å². The van der Waals surface area contributed by atoms with Crippen LogP contribution in [0, 0.1) is 5.92 Å². The van der Waals surface area contributed by atoms with Gasteiger partial charge in [0.05, 0.1) is 0 Å². The fourth-order valence-electron chi connectivity index (χ4n) is 1.51. The first-order valence-corrected chi connectivity index (χ1v) is 9.02. The summed E-state index contributed by atoms with van der Waals surface area (Å²) in [4.78, 5) is 0. The Balaban J connectivity index is 0.000000464. The average molecular weight is 314 g/mol. The second-order valence-corrected chi connectivity index (χ2v) is 6.46. The Hall–Kier alpha value is -1.39. The molecule has 2 unspecified atom stereocenters. The predicted molar refractivity (Wildman–Crippen MR) is 106 cm³/mol. The first-order valence-electron chi connectivity index (χ1n) is 8.02. The van der Waals surface area contributed by atoms with Gasteiger partial charge in [0.25, 0.3) is 0 Å². The van der Waals surface area contributed by atoms with Gasteiger partial charge in [-0.15, -0.1) is 0 Å². The standard InChI is InChI=1S/C13H15P.2C4H8/c1-11-7-9-13(10-8-11)14-12-5-3-2-4-6-12;2*1-3-4-2/h2-7,9-11,14H,8H2,1H3;2*3-4H,1-2H3/b;2*4-3-. The largest absolute Gasteiger partial charge is 0.0919 e. The van der Waals surface area contributed by atoms with Crippen LogP contribution in [-0.2, 0) is 0 Å². The lowest BCUT2D eigenvalue weighted by atomic mass is 10.0. The lowest BCUT2D eigenvalue weighted by Crippen LogP contribution is -1.96. The van der Waals surface area contributed by atoms with E-state index in [9.17, 15) is 0 Å². The average Bonchev–Trinajstić information content (AvgIpc) is 2.58. The molecule has 1 aliphatic rings. The number of rotatable bonds is 2. The summed E-state index contributed by atoms with van der Waals surface area (Å²) in [7, 11) is 0.818. The molecule has 0 saturated heterocycles. The van der Waals surface area contributed by atoms with E-state index in [0.717, 1.165) is 14.5 Å². The smallest absolute Gasteiger partial charge is 0.0224 e. The molecule has 120 valence electrons. The normalized spacial score (nSPS) is 17.1. The third kappa shape index (κ3) is 11.3. The van der Waals surface area contributed by atoms with E-state index in [2.05, 4.69) is 55.5 Å². The number of allylic oxidation sites excluding steroid dienone is 8. The van der Waals surface area contributed by atoms with Gasteiger partial charge in [-0.05, 0) is 50.7 Å². The van der Waals surface area contributed by atoms with Crippen molar-refractivity contribution in [3.63, 3.8) is 0 Å². The molecule has 1 aliphatic carbocycles. The van der Waals surface area contributed by atoms with Crippen molar-refractivity contribution < 1.29 is 0 Å². The van der Waals surface area contributed by atoms with Gasteiger partial charge in [0, 0.05) is 0 Å². The van der Waals surface area contributed by atoms with E-state index >= 15 is 0 Å². The van der Waals surface area contributed by atoms with Gasteiger partial charge < -0.3 is 0 Å². The number of hydrogen-bond donors (Lipinski definition) is 0. The van der Waals surface area contributed by atoms with Crippen molar-refractivity contribution in [1.82, 2.24) is 0 Å². The summed E-state index contributed by atoms with van der Waals surface area (Å²) >= 11 is 0. The summed E-state index contributed by atoms with van der Waals surface area (Å²) in [6, 6.07) is 10.7. The van der Waals surface area contributed by atoms with Crippen molar-refractivity contribution in [1.29, 1.82) is 0 Å². The maximum absolute atomic E-state index is 2.37. The van der Waals surface area contributed by atoms with Gasteiger partial charge in [-0.25, -0.2) is 0 Å². The van der Waals surface area contributed by atoms with Gasteiger partial charge in [-0.3, -0.25) is 0 Å². The zero-order chi connectivity index (χ0) is 16.6. The Kier molecular flexibility index (Phi) is 13.6. The Labute approximate surface area is 139 Å². The molecule has 0 bridgehead atoms. The Morgan fingerprint density at radius 2 is 1.45 bits per heavy atom. The van der Waals surface area contributed by atoms with Gasteiger partial charge in [0.15, 0.2) is 0 Å². The van der Waals surface area contributed by atoms with E-state index in [1.165, 1.54) is 17.0 Å². The third-order valence-electron chi connectivity index (χ3n) is 3.04. The van der Waals surface area contributed by atoms with Gasteiger partial charge >= 0.3 is 0 Å². The molecular formula is C21H31P. The molecule has 0 saturated carbocycles. The van der Waals surface area contributed by atoms with E-state index in [1.807, 2.05) is 52.0 Å². The van der Waals surface area contributed by atoms with E-state index in [-0.39, 0.29) is 0 Å². The highest BCUT2D eigenvalue weighted by atomic mass is 31.1. The van der Waals surface area contributed by atoms with Crippen LogP contribution in [0.1, 0.15) is 41.0 Å². The van der Waals surface area contributed by atoms with Crippen LogP contribution in [0.3, 0.4) is 0 Å².